The highest BCUT2D eigenvalue weighted by Crippen LogP contribution is 2.37. The van der Waals surface area contributed by atoms with Gasteiger partial charge in [-0.25, -0.2) is 4.39 Å². The molecule has 1 aliphatic carbocycles. The molecule has 1 N–H and O–H groups in total. The van der Waals surface area contributed by atoms with Crippen LogP contribution in [0.5, 0.6) is 0 Å². The molecule has 0 aromatic heterocycles. The van der Waals surface area contributed by atoms with Crippen molar-refractivity contribution in [1.82, 2.24) is 5.32 Å². The van der Waals surface area contributed by atoms with Crippen LogP contribution in [0.4, 0.5) is 4.39 Å². The SMILES string of the molecule is CCOC(=O)C1NC2C[C@H]1CC2F. The molecule has 4 heteroatoms. The molecule has 2 aliphatic rings. The summed E-state index contributed by atoms with van der Waals surface area (Å²) in [4.78, 5) is 11.3. The Bertz CT molecular complexity index is 220. The molecule has 74 valence electrons. The third-order valence-corrected chi connectivity index (χ3v) is 2.93. The number of esters is 1. The molecule has 2 rings (SSSR count). The van der Waals surface area contributed by atoms with Crippen molar-refractivity contribution in [3.63, 3.8) is 0 Å². The number of alkyl halides is 1. The molecular formula is C9H14FNO2. The number of ether oxygens (including phenoxy) is 1. The van der Waals surface area contributed by atoms with E-state index in [0.717, 1.165) is 6.42 Å². The van der Waals surface area contributed by atoms with Gasteiger partial charge in [0.15, 0.2) is 0 Å². The molecule has 0 amide bonds. The second-order valence-electron chi connectivity index (χ2n) is 3.75. The van der Waals surface area contributed by atoms with Crippen molar-refractivity contribution in [3.05, 3.63) is 0 Å². The van der Waals surface area contributed by atoms with Gasteiger partial charge in [0.25, 0.3) is 0 Å². The summed E-state index contributed by atoms with van der Waals surface area (Å²) < 4.78 is 17.9. The number of piperidine rings is 1. The van der Waals surface area contributed by atoms with Crippen LogP contribution in [-0.4, -0.2) is 30.8 Å². The third kappa shape index (κ3) is 1.43. The Balaban J connectivity index is 1.95. The standard InChI is InChI=1S/C9H14FNO2/c1-2-13-9(12)8-5-3-6(10)7(4-5)11-8/h5-8,11H,2-4H2,1H3/t5-,6?,7?,8?/m1/s1. The fraction of sp³-hybridized carbons (Fsp3) is 0.889. The fourth-order valence-corrected chi connectivity index (χ4v) is 2.33. The van der Waals surface area contributed by atoms with Gasteiger partial charge in [-0.1, -0.05) is 0 Å². The summed E-state index contributed by atoms with van der Waals surface area (Å²) in [5, 5.41) is 2.98. The van der Waals surface area contributed by atoms with Gasteiger partial charge in [-0.2, -0.15) is 0 Å². The maximum absolute atomic E-state index is 13.0. The van der Waals surface area contributed by atoms with Crippen molar-refractivity contribution in [1.29, 1.82) is 0 Å². The van der Waals surface area contributed by atoms with E-state index in [2.05, 4.69) is 5.32 Å². The largest absolute Gasteiger partial charge is 0.465 e. The number of fused-ring (bicyclic) bond motifs is 2. The Morgan fingerprint density at radius 2 is 2.38 bits per heavy atom. The predicted octanol–water partition coefficient (Wildman–Crippen LogP) is 0.638. The predicted molar refractivity (Wildman–Crippen MR) is 45.0 cm³/mol. The van der Waals surface area contributed by atoms with Crippen LogP contribution in [0.3, 0.4) is 0 Å². The highest BCUT2D eigenvalue weighted by Gasteiger charge is 2.49. The van der Waals surface area contributed by atoms with Gasteiger partial charge in [-0.05, 0) is 25.7 Å². The minimum absolute atomic E-state index is 0.112. The summed E-state index contributed by atoms with van der Waals surface area (Å²) in [6.45, 7) is 2.18. The average molecular weight is 187 g/mol. The zero-order chi connectivity index (χ0) is 9.42. The minimum Gasteiger partial charge on any atom is -0.465 e. The molecule has 0 spiro atoms. The minimum atomic E-state index is -0.768. The van der Waals surface area contributed by atoms with Crippen molar-refractivity contribution in [2.24, 2.45) is 5.92 Å². The van der Waals surface area contributed by atoms with E-state index in [0.29, 0.717) is 13.0 Å². The molecule has 3 unspecified atom stereocenters. The summed E-state index contributed by atoms with van der Waals surface area (Å²) in [7, 11) is 0. The summed E-state index contributed by atoms with van der Waals surface area (Å²) in [6, 6.07) is -0.364. The lowest BCUT2D eigenvalue weighted by molar-refractivity contribution is -0.147. The van der Waals surface area contributed by atoms with Crippen LogP contribution < -0.4 is 5.32 Å². The molecule has 13 heavy (non-hydrogen) atoms. The van der Waals surface area contributed by atoms with Crippen LogP contribution in [0.15, 0.2) is 0 Å². The molecule has 0 aromatic carbocycles. The van der Waals surface area contributed by atoms with Crippen molar-refractivity contribution < 1.29 is 13.9 Å². The molecule has 4 atom stereocenters. The van der Waals surface area contributed by atoms with E-state index in [4.69, 9.17) is 4.74 Å². The Labute approximate surface area is 76.6 Å². The Morgan fingerprint density at radius 3 is 2.85 bits per heavy atom. The van der Waals surface area contributed by atoms with E-state index >= 15 is 0 Å². The second kappa shape index (κ2) is 3.25. The molecule has 0 radical (unpaired) electrons. The molecule has 1 heterocycles. The van der Waals surface area contributed by atoms with E-state index in [1.165, 1.54) is 0 Å². The first-order valence-corrected chi connectivity index (χ1v) is 4.79. The topological polar surface area (TPSA) is 38.3 Å². The Morgan fingerprint density at radius 1 is 1.62 bits per heavy atom. The van der Waals surface area contributed by atoms with Gasteiger partial charge in [0, 0.05) is 6.04 Å². The highest BCUT2D eigenvalue weighted by atomic mass is 19.1. The molecular weight excluding hydrogens is 173 g/mol. The smallest absolute Gasteiger partial charge is 0.323 e. The number of hydrogen-bond acceptors (Lipinski definition) is 3. The number of nitrogens with one attached hydrogen (secondary N) is 1. The van der Waals surface area contributed by atoms with Gasteiger partial charge in [0.1, 0.15) is 12.2 Å². The summed E-state index contributed by atoms with van der Waals surface area (Å²) in [6.07, 6.45) is 0.530. The van der Waals surface area contributed by atoms with Crippen LogP contribution in [0, 0.1) is 5.92 Å². The lowest BCUT2D eigenvalue weighted by atomic mass is 10.00. The van der Waals surface area contributed by atoms with E-state index in [1.54, 1.807) is 6.92 Å². The normalized spacial score (nSPS) is 42.3. The van der Waals surface area contributed by atoms with E-state index in [9.17, 15) is 9.18 Å². The number of halogens is 1. The van der Waals surface area contributed by atoms with E-state index < -0.39 is 6.17 Å². The zero-order valence-electron chi connectivity index (χ0n) is 7.63. The first-order chi connectivity index (χ1) is 6.22. The van der Waals surface area contributed by atoms with E-state index in [1.807, 2.05) is 0 Å². The average Bonchev–Trinajstić information content (AvgIpc) is 2.62. The van der Waals surface area contributed by atoms with Gasteiger partial charge in [0.05, 0.1) is 6.61 Å². The lowest BCUT2D eigenvalue weighted by Crippen LogP contribution is -2.46. The summed E-state index contributed by atoms with van der Waals surface area (Å²) in [5.74, 6) is -0.0686. The maximum Gasteiger partial charge on any atom is 0.323 e. The molecule has 1 aliphatic heterocycles. The first kappa shape index (κ1) is 8.94. The molecule has 2 bridgehead atoms. The fourth-order valence-electron chi connectivity index (χ4n) is 2.33. The molecule has 2 fully saturated rings. The van der Waals surface area contributed by atoms with Crippen LogP contribution in [0.2, 0.25) is 0 Å². The monoisotopic (exact) mass is 187 g/mol. The number of carbonyl (C=O) groups is 1. The number of carbonyl (C=O) groups excluding carboxylic acids is 1. The van der Waals surface area contributed by atoms with Crippen molar-refractivity contribution in [2.45, 2.75) is 38.0 Å². The van der Waals surface area contributed by atoms with Crippen LogP contribution in [0.1, 0.15) is 19.8 Å². The summed E-state index contributed by atoms with van der Waals surface area (Å²) in [5.41, 5.74) is 0. The first-order valence-electron chi connectivity index (χ1n) is 4.79. The zero-order valence-corrected chi connectivity index (χ0v) is 7.63. The van der Waals surface area contributed by atoms with Crippen LogP contribution >= 0.6 is 0 Å². The quantitative estimate of drug-likeness (QED) is 0.645. The Hall–Kier alpha value is -0.640. The van der Waals surface area contributed by atoms with E-state index in [-0.39, 0.29) is 24.0 Å². The lowest BCUT2D eigenvalue weighted by Gasteiger charge is -2.23. The van der Waals surface area contributed by atoms with Crippen LogP contribution in [0.25, 0.3) is 0 Å². The van der Waals surface area contributed by atoms with Crippen LogP contribution in [-0.2, 0) is 9.53 Å². The molecule has 1 saturated heterocycles. The number of rotatable bonds is 2. The van der Waals surface area contributed by atoms with Gasteiger partial charge in [-0.3, -0.25) is 10.1 Å². The highest BCUT2D eigenvalue weighted by molar-refractivity contribution is 5.77. The van der Waals surface area contributed by atoms with Crippen molar-refractivity contribution in [3.8, 4) is 0 Å². The van der Waals surface area contributed by atoms with Gasteiger partial charge < -0.3 is 4.74 Å². The number of hydrogen-bond donors (Lipinski definition) is 1. The third-order valence-electron chi connectivity index (χ3n) is 2.93. The van der Waals surface area contributed by atoms with Gasteiger partial charge >= 0.3 is 5.97 Å². The van der Waals surface area contributed by atoms with Gasteiger partial charge in [-0.15, -0.1) is 0 Å². The maximum atomic E-state index is 13.0. The van der Waals surface area contributed by atoms with Crippen molar-refractivity contribution in [2.75, 3.05) is 6.61 Å². The molecule has 0 aromatic rings. The Kier molecular flexibility index (Phi) is 2.24. The molecule has 1 saturated carbocycles. The van der Waals surface area contributed by atoms with Gasteiger partial charge in [0.2, 0.25) is 0 Å². The van der Waals surface area contributed by atoms with Crippen molar-refractivity contribution >= 4 is 5.97 Å². The second-order valence-corrected chi connectivity index (χ2v) is 3.75. The molecule has 3 nitrogen and oxygen atoms in total. The summed E-state index contributed by atoms with van der Waals surface area (Å²) >= 11 is 0.